The molecule has 0 bridgehead atoms. The number of anilines is 1. The molecule has 2 N–H and O–H groups in total. The molecule has 0 aliphatic heterocycles. The summed E-state index contributed by atoms with van der Waals surface area (Å²) >= 11 is 1.75. The average molecular weight is 535 g/mol. The lowest BCUT2D eigenvalue weighted by Gasteiger charge is -2.07. The highest BCUT2D eigenvalue weighted by atomic mass is 32.2. The van der Waals surface area contributed by atoms with Crippen molar-refractivity contribution in [2.24, 2.45) is 0 Å². The van der Waals surface area contributed by atoms with E-state index in [1.807, 2.05) is 30.3 Å². The van der Waals surface area contributed by atoms with Gasteiger partial charge in [0.05, 0.1) is 28.1 Å². The van der Waals surface area contributed by atoms with E-state index in [1.165, 1.54) is 17.0 Å². The quantitative estimate of drug-likeness (QED) is 0.209. The number of carbonyl (C=O) groups is 1. The van der Waals surface area contributed by atoms with Crippen molar-refractivity contribution >= 4 is 43.9 Å². The number of benzene rings is 2. The lowest BCUT2D eigenvalue weighted by Crippen LogP contribution is -2.11. The minimum atomic E-state index is -3.34. The highest BCUT2D eigenvalue weighted by molar-refractivity contribution is 7.91. The molecule has 5 rings (SSSR count). The Morgan fingerprint density at radius 2 is 1.95 bits per heavy atom. The topological polar surface area (TPSA) is 118 Å². The van der Waals surface area contributed by atoms with E-state index in [0.717, 1.165) is 30.5 Å². The molecule has 3 aromatic heterocycles. The molecule has 5 aromatic rings. The van der Waals surface area contributed by atoms with Gasteiger partial charge in [-0.2, -0.15) is 5.10 Å². The summed E-state index contributed by atoms with van der Waals surface area (Å²) in [5.41, 5.74) is 3.88. The summed E-state index contributed by atoms with van der Waals surface area (Å²) in [6.07, 6.45) is 4.94. The Hall–Kier alpha value is -3.76. The zero-order valence-corrected chi connectivity index (χ0v) is 21.9. The second kappa shape index (κ2) is 10.7. The molecule has 1 amide bonds. The predicted molar refractivity (Wildman–Crippen MR) is 145 cm³/mol. The minimum absolute atomic E-state index is 0.00269. The average Bonchev–Trinajstić information content (AvgIpc) is 3.67. The number of sulfone groups is 1. The van der Waals surface area contributed by atoms with Crippen LogP contribution in [0.1, 0.15) is 31.1 Å². The number of oxazole rings is 1. The number of aromatic amines is 1. The molecule has 0 atom stereocenters. The molecular formula is C27H26N4O4S2. The van der Waals surface area contributed by atoms with Crippen LogP contribution in [0, 0.1) is 0 Å². The maximum absolute atomic E-state index is 12.3. The van der Waals surface area contributed by atoms with E-state index >= 15 is 0 Å². The van der Waals surface area contributed by atoms with Crippen LogP contribution in [0.5, 0.6) is 0 Å². The van der Waals surface area contributed by atoms with E-state index in [1.54, 1.807) is 30.5 Å². The number of unbranched alkanes of at least 4 members (excludes halogenated alkanes) is 1. The van der Waals surface area contributed by atoms with Crippen LogP contribution in [0.15, 0.2) is 75.5 Å². The maximum atomic E-state index is 12.3. The molecular weight excluding hydrogens is 508 g/mol. The van der Waals surface area contributed by atoms with Gasteiger partial charge in [-0.25, -0.2) is 13.4 Å². The Bertz CT molecular complexity index is 1620. The van der Waals surface area contributed by atoms with Crippen LogP contribution >= 0.6 is 11.3 Å². The third-order valence-electron chi connectivity index (χ3n) is 6.08. The van der Waals surface area contributed by atoms with Gasteiger partial charge in [-0.15, -0.1) is 11.3 Å². The molecule has 8 nitrogen and oxygen atoms in total. The van der Waals surface area contributed by atoms with Crippen molar-refractivity contribution in [3.63, 3.8) is 0 Å². The van der Waals surface area contributed by atoms with Crippen molar-refractivity contribution in [3.8, 4) is 22.7 Å². The molecule has 0 fully saturated rings. The van der Waals surface area contributed by atoms with Crippen LogP contribution in [0.3, 0.4) is 0 Å². The molecule has 0 aliphatic carbocycles. The summed E-state index contributed by atoms with van der Waals surface area (Å²) in [5.74, 6) is 0.350. The van der Waals surface area contributed by atoms with Crippen molar-refractivity contribution in [2.75, 3.05) is 11.1 Å². The van der Waals surface area contributed by atoms with Crippen LogP contribution < -0.4 is 5.32 Å². The smallest absolute Gasteiger partial charge is 0.231 e. The molecule has 0 saturated carbocycles. The fourth-order valence-electron chi connectivity index (χ4n) is 4.03. The number of nitrogens with zero attached hydrogens (tertiary/aromatic N) is 2. The molecule has 3 heterocycles. The van der Waals surface area contributed by atoms with Crippen LogP contribution in [0.4, 0.5) is 5.69 Å². The Kier molecular flexibility index (Phi) is 7.20. The first-order chi connectivity index (χ1) is 17.9. The van der Waals surface area contributed by atoms with Gasteiger partial charge in [0, 0.05) is 22.5 Å². The normalized spacial score (nSPS) is 11.7. The van der Waals surface area contributed by atoms with Crippen LogP contribution in [-0.2, 0) is 21.1 Å². The minimum Gasteiger partial charge on any atom is -0.436 e. The lowest BCUT2D eigenvalue weighted by atomic mass is 10.1. The first kappa shape index (κ1) is 24.9. The molecule has 0 spiro atoms. The molecule has 0 unspecified atom stereocenters. The number of thiophene rings is 1. The summed E-state index contributed by atoms with van der Waals surface area (Å²) in [6, 6.07) is 16.3. The summed E-state index contributed by atoms with van der Waals surface area (Å²) in [5, 5.41) is 12.2. The van der Waals surface area contributed by atoms with Gasteiger partial charge in [0.2, 0.25) is 11.8 Å². The Labute approximate surface area is 218 Å². The zero-order valence-electron chi connectivity index (χ0n) is 20.2. The second-order valence-corrected chi connectivity index (χ2v) is 11.9. The van der Waals surface area contributed by atoms with Crippen LogP contribution in [0.2, 0.25) is 0 Å². The third-order valence-corrected chi connectivity index (χ3v) is 8.75. The molecule has 190 valence electrons. The molecule has 2 aromatic carbocycles. The number of hydrogen-bond acceptors (Lipinski definition) is 7. The predicted octanol–water partition coefficient (Wildman–Crippen LogP) is 6.09. The number of H-pyrrole nitrogens is 1. The molecule has 10 heteroatoms. The summed E-state index contributed by atoms with van der Waals surface area (Å²) in [7, 11) is -3.34. The van der Waals surface area contributed by atoms with E-state index in [4.69, 9.17) is 4.42 Å². The number of aryl methyl sites for hydroxylation is 1. The number of hydrogen-bond donors (Lipinski definition) is 2. The lowest BCUT2D eigenvalue weighted by molar-refractivity contribution is -0.116. The molecule has 0 saturated heterocycles. The molecule has 37 heavy (non-hydrogen) atoms. The monoisotopic (exact) mass is 534 g/mol. The summed E-state index contributed by atoms with van der Waals surface area (Å²) < 4.78 is 30.3. The van der Waals surface area contributed by atoms with Gasteiger partial charge < -0.3 is 9.73 Å². The van der Waals surface area contributed by atoms with Gasteiger partial charge in [0.25, 0.3) is 0 Å². The Morgan fingerprint density at radius 3 is 2.70 bits per heavy atom. The molecule has 0 radical (unpaired) electrons. The van der Waals surface area contributed by atoms with Crippen LogP contribution in [0.25, 0.3) is 33.8 Å². The van der Waals surface area contributed by atoms with Gasteiger partial charge in [-0.05, 0) is 61.0 Å². The van der Waals surface area contributed by atoms with Crippen molar-refractivity contribution < 1.29 is 17.6 Å². The number of nitrogens with one attached hydrogen (secondary N) is 2. The van der Waals surface area contributed by atoms with Gasteiger partial charge in [0.15, 0.2) is 15.4 Å². The third kappa shape index (κ3) is 5.65. The first-order valence-corrected chi connectivity index (χ1v) is 14.6. The fraction of sp³-hybridized carbons (Fsp3) is 0.222. The second-order valence-electron chi connectivity index (χ2n) is 8.62. The maximum Gasteiger partial charge on any atom is 0.231 e. The Morgan fingerprint density at radius 1 is 1.11 bits per heavy atom. The van der Waals surface area contributed by atoms with E-state index < -0.39 is 9.84 Å². The van der Waals surface area contributed by atoms with E-state index in [9.17, 15) is 13.2 Å². The number of amides is 1. The van der Waals surface area contributed by atoms with Gasteiger partial charge in [-0.1, -0.05) is 25.1 Å². The van der Waals surface area contributed by atoms with Crippen molar-refractivity contribution in [1.29, 1.82) is 0 Å². The highest BCUT2D eigenvalue weighted by Gasteiger charge is 2.18. The summed E-state index contributed by atoms with van der Waals surface area (Å²) in [6.45, 7) is 1.61. The highest BCUT2D eigenvalue weighted by Crippen LogP contribution is 2.33. The van der Waals surface area contributed by atoms with Gasteiger partial charge in [0.1, 0.15) is 5.52 Å². The standard InChI is InChI=1S/C27H26N4O4S2/c1-2-37(33,34)21-13-14-24-23(16-21)30-27(35-24)22-17-28-31-26(22)18-9-11-19(12-10-18)29-25(32)8-4-3-6-20-7-5-15-36-20/h5,7,9-17H,2-4,6,8H2,1H3,(H,28,31)(H,29,32). The number of aromatic nitrogens is 3. The van der Waals surface area contributed by atoms with Crippen LogP contribution in [-0.4, -0.2) is 35.3 Å². The SMILES string of the molecule is CCS(=O)(=O)c1ccc2oc(-c3cn[nH]c3-c3ccc(NC(=O)CCCCc4cccs4)cc3)nc2c1. The Balaban J connectivity index is 1.26. The zero-order chi connectivity index (χ0) is 25.8. The largest absolute Gasteiger partial charge is 0.436 e. The van der Waals surface area contributed by atoms with Gasteiger partial charge >= 0.3 is 0 Å². The number of carbonyl (C=O) groups excluding carboxylic acids is 1. The summed E-state index contributed by atoms with van der Waals surface area (Å²) in [4.78, 5) is 18.4. The van der Waals surface area contributed by atoms with Crippen molar-refractivity contribution in [2.45, 2.75) is 37.5 Å². The fourth-order valence-corrected chi connectivity index (χ4v) is 5.69. The van der Waals surface area contributed by atoms with E-state index in [0.29, 0.717) is 34.7 Å². The van der Waals surface area contributed by atoms with E-state index in [2.05, 4.69) is 31.9 Å². The van der Waals surface area contributed by atoms with Crippen molar-refractivity contribution in [1.82, 2.24) is 15.2 Å². The first-order valence-electron chi connectivity index (χ1n) is 12.0. The van der Waals surface area contributed by atoms with E-state index in [-0.39, 0.29) is 16.6 Å². The van der Waals surface area contributed by atoms with Crippen molar-refractivity contribution in [3.05, 3.63) is 71.1 Å². The van der Waals surface area contributed by atoms with Gasteiger partial charge in [-0.3, -0.25) is 9.89 Å². The number of fused-ring (bicyclic) bond motifs is 1. The molecule has 0 aliphatic rings. The number of rotatable bonds is 10.